The van der Waals surface area contributed by atoms with Gasteiger partial charge < -0.3 is 0 Å². The van der Waals surface area contributed by atoms with Gasteiger partial charge in [-0.25, -0.2) is 0 Å². The summed E-state index contributed by atoms with van der Waals surface area (Å²) in [5.74, 6) is 0. The van der Waals surface area contributed by atoms with Crippen molar-refractivity contribution in [3.63, 3.8) is 0 Å². The monoisotopic (exact) mass is 141 g/mol. The molecule has 0 aliphatic carbocycles. The molecule has 3 heteroatoms. The largest absolute Gasteiger partial charge is 0.283 e. The topological polar surface area (TPSA) is 7.68 Å². The number of nitrogens with one attached hydrogen (secondary N) is 1. The molecule has 1 aliphatic heterocycles. The van der Waals surface area contributed by atoms with Gasteiger partial charge in [-0.1, -0.05) is 6.58 Å². The Bertz CT molecular complexity index is 174. The van der Waals surface area contributed by atoms with Crippen LogP contribution in [0.5, 0.6) is 0 Å². The summed E-state index contributed by atoms with van der Waals surface area (Å²) in [6, 6.07) is 0. The van der Waals surface area contributed by atoms with Gasteiger partial charge in [0, 0.05) is 18.4 Å². The Morgan fingerprint density at radius 2 is 2.56 bits per heavy atom. The maximum Gasteiger partial charge on any atom is 0.283 e. The van der Waals surface area contributed by atoms with Gasteiger partial charge in [0.1, 0.15) is 6.20 Å². The molecule has 0 aromatic rings. The molecule has 0 spiro atoms. The fourth-order valence-corrected chi connectivity index (χ4v) is 0.882. The van der Waals surface area contributed by atoms with Gasteiger partial charge in [0.25, 0.3) is 5.11 Å². The van der Waals surface area contributed by atoms with Gasteiger partial charge in [0.15, 0.2) is 0 Å². The molecule has 0 bridgehead atoms. The molecule has 0 saturated carbocycles. The average molecular weight is 141 g/mol. The van der Waals surface area contributed by atoms with Crippen molar-refractivity contribution in [1.29, 1.82) is 0 Å². The zero-order chi connectivity index (χ0) is 6.85. The highest BCUT2D eigenvalue weighted by atomic mass is 32.1. The van der Waals surface area contributed by atoms with E-state index in [0.29, 0.717) is 0 Å². The summed E-state index contributed by atoms with van der Waals surface area (Å²) in [6.07, 6.45) is 5.59. The standard InChI is InChI=1S/C6H8N2S/c1-3-8-5-4-7(2)6(8)9/h3-5H,1H2,2H3/p+1. The third-order valence-corrected chi connectivity index (χ3v) is 1.79. The molecule has 1 N–H and O–H groups in total. The number of hydrogen-bond donors (Lipinski definition) is 1. The molecule has 2 nitrogen and oxygen atoms in total. The molecule has 48 valence electrons. The Morgan fingerprint density at radius 3 is 2.78 bits per heavy atom. The number of nitrogens with zero attached hydrogens (tertiary/aromatic N) is 1. The first-order chi connectivity index (χ1) is 4.25. The minimum Gasteiger partial charge on any atom is -0.265 e. The van der Waals surface area contributed by atoms with Crippen LogP contribution in [0.25, 0.3) is 0 Å². The zero-order valence-electron chi connectivity index (χ0n) is 5.29. The maximum absolute atomic E-state index is 5.02. The number of quaternary nitrogens is 1. The molecule has 0 amide bonds. The molecule has 0 fully saturated rings. The van der Waals surface area contributed by atoms with Crippen LogP contribution < -0.4 is 4.90 Å². The van der Waals surface area contributed by atoms with Crippen LogP contribution >= 0.6 is 12.2 Å². The SMILES string of the molecule is C=CN1C=C[NH+](C)C1=S. The minimum absolute atomic E-state index is 0.852. The van der Waals surface area contributed by atoms with Crippen LogP contribution in [-0.4, -0.2) is 17.1 Å². The van der Waals surface area contributed by atoms with Gasteiger partial charge >= 0.3 is 0 Å². The Morgan fingerprint density at radius 1 is 1.89 bits per heavy atom. The molecule has 1 unspecified atom stereocenters. The maximum atomic E-state index is 5.02. The van der Waals surface area contributed by atoms with Gasteiger partial charge in [0.2, 0.25) is 0 Å². The third-order valence-electron chi connectivity index (χ3n) is 1.25. The summed E-state index contributed by atoms with van der Waals surface area (Å²) in [7, 11) is 1.99. The van der Waals surface area contributed by atoms with Crippen LogP contribution in [0.1, 0.15) is 0 Å². The van der Waals surface area contributed by atoms with Crippen molar-refractivity contribution >= 4 is 17.3 Å². The van der Waals surface area contributed by atoms with Crippen molar-refractivity contribution in [3.05, 3.63) is 25.2 Å². The lowest BCUT2D eigenvalue weighted by molar-refractivity contribution is -0.717. The van der Waals surface area contributed by atoms with Crippen molar-refractivity contribution in [2.24, 2.45) is 0 Å². The van der Waals surface area contributed by atoms with Crippen LogP contribution in [0.4, 0.5) is 0 Å². The van der Waals surface area contributed by atoms with Crippen LogP contribution in [-0.2, 0) is 0 Å². The highest BCUT2D eigenvalue weighted by molar-refractivity contribution is 7.79. The molecule has 1 aliphatic rings. The van der Waals surface area contributed by atoms with E-state index in [-0.39, 0.29) is 0 Å². The Balaban J connectivity index is 2.73. The van der Waals surface area contributed by atoms with Crippen molar-refractivity contribution in [2.45, 2.75) is 0 Å². The Kier molecular flexibility index (Phi) is 1.64. The predicted molar refractivity (Wildman–Crippen MR) is 40.7 cm³/mol. The average Bonchev–Trinajstić information content (AvgIpc) is 2.15. The number of thiocarbonyl (C=S) groups is 1. The van der Waals surface area contributed by atoms with Crippen LogP contribution in [0.3, 0.4) is 0 Å². The van der Waals surface area contributed by atoms with Gasteiger partial charge in [0.05, 0.1) is 13.2 Å². The van der Waals surface area contributed by atoms with Crippen LogP contribution in [0.2, 0.25) is 0 Å². The molecule has 1 atom stereocenters. The molecular weight excluding hydrogens is 132 g/mol. The molecule has 9 heavy (non-hydrogen) atoms. The van der Waals surface area contributed by atoms with E-state index in [1.54, 1.807) is 6.20 Å². The van der Waals surface area contributed by atoms with Crippen molar-refractivity contribution in [1.82, 2.24) is 4.90 Å². The second-order valence-corrected chi connectivity index (χ2v) is 2.28. The lowest BCUT2D eigenvalue weighted by Gasteiger charge is -2.07. The Labute approximate surface area is 60.1 Å². The Hall–Kier alpha value is -0.670. The van der Waals surface area contributed by atoms with E-state index in [0.717, 1.165) is 10.0 Å². The van der Waals surface area contributed by atoms with Crippen molar-refractivity contribution in [2.75, 3.05) is 7.05 Å². The lowest BCUT2D eigenvalue weighted by atomic mass is 10.8. The molecule has 0 aromatic carbocycles. The second-order valence-electron chi connectivity index (χ2n) is 1.89. The molecule has 1 heterocycles. The quantitative estimate of drug-likeness (QED) is 0.502. The van der Waals surface area contributed by atoms with E-state index in [4.69, 9.17) is 12.2 Å². The van der Waals surface area contributed by atoms with Gasteiger partial charge in [-0.2, -0.15) is 0 Å². The van der Waals surface area contributed by atoms with Crippen molar-refractivity contribution in [3.8, 4) is 0 Å². The summed E-state index contributed by atoms with van der Waals surface area (Å²) < 4.78 is 0. The second kappa shape index (κ2) is 2.29. The summed E-state index contributed by atoms with van der Waals surface area (Å²) in [4.78, 5) is 2.95. The third kappa shape index (κ3) is 1.01. The zero-order valence-corrected chi connectivity index (χ0v) is 6.11. The van der Waals surface area contributed by atoms with Gasteiger partial charge in [-0.05, 0) is 0 Å². The number of hydrogen-bond acceptors (Lipinski definition) is 1. The minimum atomic E-state index is 0.852. The highest BCUT2D eigenvalue weighted by Gasteiger charge is 2.18. The van der Waals surface area contributed by atoms with Crippen LogP contribution in [0.15, 0.2) is 25.2 Å². The fourth-order valence-electron chi connectivity index (χ4n) is 0.678. The normalized spacial score (nSPS) is 25.2. The first kappa shape index (κ1) is 6.45. The highest BCUT2D eigenvalue weighted by Crippen LogP contribution is 1.92. The van der Waals surface area contributed by atoms with E-state index < -0.39 is 0 Å². The summed E-state index contributed by atoms with van der Waals surface area (Å²) in [5.41, 5.74) is 0. The smallest absolute Gasteiger partial charge is 0.265 e. The van der Waals surface area contributed by atoms with Crippen molar-refractivity contribution < 1.29 is 4.90 Å². The van der Waals surface area contributed by atoms with E-state index in [1.165, 1.54) is 0 Å². The van der Waals surface area contributed by atoms with E-state index in [2.05, 4.69) is 6.58 Å². The first-order valence-corrected chi connectivity index (χ1v) is 3.13. The number of rotatable bonds is 1. The van der Waals surface area contributed by atoms with E-state index >= 15 is 0 Å². The van der Waals surface area contributed by atoms with Gasteiger partial charge in [-0.15, -0.1) is 0 Å². The summed E-state index contributed by atoms with van der Waals surface area (Å²) >= 11 is 5.02. The lowest BCUT2D eigenvalue weighted by Crippen LogP contribution is -3.06. The molecule has 0 saturated heterocycles. The van der Waals surface area contributed by atoms with E-state index in [9.17, 15) is 0 Å². The molecule has 0 aromatic heterocycles. The molecule has 0 radical (unpaired) electrons. The summed E-state index contributed by atoms with van der Waals surface area (Å²) in [5, 5.41) is 0.852. The van der Waals surface area contributed by atoms with Crippen LogP contribution in [0, 0.1) is 0 Å². The molecular formula is C6H9N2S+. The van der Waals surface area contributed by atoms with E-state index in [1.807, 2.05) is 24.3 Å². The first-order valence-electron chi connectivity index (χ1n) is 2.72. The summed E-state index contributed by atoms with van der Waals surface area (Å²) in [6.45, 7) is 3.60. The predicted octanol–water partition coefficient (Wildman–Crippen LogP) is -0.284. The molecule has 1 rings (SSSR count). The van der Waals surface area contributed by atoms with Gasteiger partial charge in [-0.3, -0.25) is 9.80 Å². The fraction of sp³-hybridized carbons (Fsp3) is 0.167.